The maximum atomic E-state index is 13.1. The van der Waals surface area contributed by atoms with Gasteiger partial charge in [-0.3, -0.25) is 0 Å². The first kappa shape index (κ1) is 11.5. The Morgan fingerprint density at radius 3 is 2.89 bits per heavy atom. The Morgan fingerprint density at radius 2 is 2.17 bits per heavy atom. The smallest absolute Gasteiger partial charge is 0.123 e. The topological polar surface area (TPSA) is 30.9 Å². The summed E-state index contributed by atoms with van der Waals surface area (Å²) in [6.45, 7) is 0.690. The number of nitrogens with zero attached hydrogens (tertiary/aromatic N) is 1. The number of rotatable bonds is 4. The summed E-state index contributed by atoms with van der Waals surface area (Å²) in [7, 11) is 0. The number of nitrogens with two attached hydrogens (primary N) is 1. The summed E-state index contributed by atoms with van der Waals surface area (Å²) in [5.74, 6) is 0.476. The Morgan fingerprint density at radius 1 is 1.33 bits per heavy atom. The molecule has 0 radical (unpaired) electrons. The molecule has 1 atom stereocenters. The maximum Gasteiger partial charge on any atom is 0.123 e. The molecule has 1 aliphatic rings. The lowest BCUT2D eigenvalue weighted by molar-refractivity contribution is 0.622. The van der Waals surface area contributed by atoms with Crippen LogP contribution < -0.4 is 5.73 Å². The summed E-state index contributed by atoms with van der Waals surface area (Å²) in [6.07, 6.45) is 6.59. The fourth-order valence-electron chi connectivity index (χ4n) is 2.33. The molecule has 94 valence electrons. The lowest BCUT2D eigenvalue weighted by Crippen LogP contribution is -2.11. The van der Waals surface area contributed by atoms with Gasteiger partial charge in [-0.15, -0.1) is 0 Å². The van der Waals surface area contributed by atoms with Crippen LogP contribution in [-0.4, -0.2) is 4.57 Å². The van der Waals surface area contributed by atoms with E-state index in [1.165, 1.54) is 24.5 Å². The number of hydrogen-bond acceptors (Lipinski definition) is 1. The lowest BCUT2D eigenvalue weighted by atomic mass is 10.1. The molecule has 1 aromatic carbocycles. The molecule has 2 aromatic rings. The normalized spacial score (nSPS) is 16.8. The van der Waals surface area contributed by atoms with Crippen LogP contribution in [0, 0.1) is 11.7 Å². The van der Waals surface area contributed by atoms with Crippen molar-refractivity contribution in [1.29, 1.82) is 0 Å². The van der Waals surface area contributed by atoms with Crippen molar-refractivity contribution < 1.29 is 4.39 Å². The van der Waals surface area contributed by atoms with E-state index in [-0.39, 0.29) is 11.9 Å². The first-order valence-corrected chi connectivity index (χ1v) is 6.38. The molecule has 0 saturated heterocycles. The van der Waals surface area contributed by atoms with Crippen LogP contribution in [0.4, 0.5) is 4.39 Å². The third kappa shape index (κ3) is 2.46. The molecule has 0 spiro atoms. The average molecular weight is 244 g/mol. The highest BCUT2D eigenvalue weighted by Crippen LogP contribution is 2.39. The highest BCUT2D eigenvalue weighted by molar-refractivity contribution is 5.21. The summed E-state index contributed by atoms with van der Waals surface area (Å²) in [5, 5.41) is 0. The van der Waals surface area contributed by atoms with Gasteiger partial charge in [-0.1, -0.05) is 12.1 Å². The lowest BCUT2D eigenvalue weighted by Gasteiger charge is -2.07. The molecule has 1 saturated carbocycles. The number of hydrogen-bond donors (Lipinski definition) is 1. The van der Waals surface area contributed by atoms with E-state index < -0.39 is 0 Å². The van der Waals surface area contributed by atoms with Crippen LogP contribution in [0.3, 0.4) is 0 Å². The number of aromatic nitrogens is 1. The van der Waals surface area contributed by atoms with Crippen LogP contribution in [0.5, 0.6) is 0 Å². The van der Waals surface area contributed by atoms with Crippen molar-refractivity contribution in [2.75, 3.05) is 0 Å². The predicted molar refractivity (Wildman–Crippen MR) is 69.6 cm³/mol. The van der Waals surface area contributed by atoms with E-state index in [4.69, 9.17) is 5.73 Å². The second-order valence-corrected chi connectivity index (χ2v) is 5.11. The zero-order chi connectivity index (χ0) is 12.5. The van der Waals surface area contributed by atoms with Gasteiger partial charge in [0.2, 0.25) is 0 Å². The van der Waals surface area contributed by atoms with Crippen LogP contribution in [0.25, 0.3) is 0 Å². The van der Waals surface area contributed by atoms with Crippen molar-refractivity contribution in [3.05, 3.63) is 59.7 Å². The van der Waals surface area contributed by atoms with Crippen LogP contribution in [0.1, 0.15) is 30.0 Å². The zero-order valence-electron chi connectivity index (χ0n) is 10.2. The van der Waals surface area contributed by atoms with E-state index in [0.29, 0.717) is 12.5 Å². The molecule has 0 bridgehead atoms. The van der Waals surface area contributed by atoms with Crippen molar-refractivity contribution in [2.45, 2.75) is 25.4 Å². The van der Waals surface area contributed by atoms with Gasteiger partial charge < -0.3 is 10.3 Å². The summed E-state index contributed by atoms with van der Waals surface area (Å²) in [4.78, 5) is 0. The quantitative estimate of drug-likeness (QED) is 0.880. The molecule has 1 aromatic heterocycles. The van der Waals surface area contributed by atoms with E-state index in [1.54, 1.807) is 12.1 Å². The molecule has 1 heterocycles. The third-order valence-corrected chi connectivity index (χ3v) is 3.54. The van der Waals surface area contributed by atoms with Crippen LogP contribution in [0.2, 0.25) is 0 Å². The fraction of sp³-hybridized carbons (Fsp3) is 0.333. The van der Waals surface area contributed by atoms with Gasteiger partial charge in [0.1, 0.15) is 5.82 Å². The second-order valence-electron chi connectivity index (χ2n) is 5.11. The van der Waals surface area contributed by atoms with E-state index in [1.807, 2.05) is 12.3 Å². The molecule has 0 amide bonds. The minimum Gasteiger partial charge on any atom is -0.350 e. The van der Waals surface area contributed by atoms with Crippen LogP contribution in [-0.2, 0) is 6.54 Å². The zero-order valence-corrected chi connectivity index (χ0v) is 10.2. The largest absolute Gasteiger partial charge is 0.350 e. The van der Waals surface area contributed by atoms with Gasteiger partial charge in [-0.05, 0) is 48.1 Å². The molecule has 18 heavy (non-hydrogen) atoms. The Hall–Kier alpha value is -1.61. The molecule has 3 rings (SSSR count). The van der Waals surface area contributed by atoms with Crippen molar-refractivity contribution >= 4 is 0 Å². The van der Waals surface area contributed by atoms with Gasteiger partial charge in [-0.25, -0.2) is 4.39 Å². The third-order valence-electron chi connectivity index (χ3n) is 3.54. The minimum atomic E-state index is -0.186. The summed E-state index contributed by atoms with van der Waals surface area (Å²) >= 11 is 0. The standard InChI is InChI=1S/C15H17FN2/c16-14-3-1-2-11(8-14)9-18-7-6-13(10-18)15(17)12-4-5-12/h1-3,6-8,10,12,15H,4-5,9,17H2. The summed E-state index contributed by atoms with van der Waals surface area (Å²) in [5.41, 5.74) is 8.32. The van der Waals surface area contributed by atoms with E-state index >= 15 is 0 Å². The molecule has 0 aliphatic heterocycles. The predicted octanol–water partition coefficient (Wildman–Crippen LogP) is 3.09. The molecule has 3 heteroatoms. The summed E-state index contributed by atoms with van der Waals surface area (Å²) in [6, 6.07) is 8.95. The Kier molecular flexibility index (Phi) is 2.92. The molecule has 1 aliphatic carbocycles. The Bertz CT molecular complexity index is 543. The van der Waals surface area contributed by atoms with E-state index in [9.17, 15) is 4.39 Å². The molecule has 1 fully saturated rings. The maximum absolute atomic E-state index is 13.1. The van der Waals surface area contributed by atoms with E-state index in [0.717, 1.165) is 5.56 Å². The molecule has 2 nitrogen and oxygen atoms in total. The van der Waals surface area contributed by atoms with Gasteiger partial charge in [0, 0.05) is 25.0 Å². The number of halogens is 1. The Balaban J connectivity index is 1.73. The van der Waals surface area contributed by atoms with Crippen LogP contribution >= 0.6 is 0 Å². The highest BCUT2D eigenvalue weighted by atomic mass is 19.1. The van der Waals surface area contributed by atoms with Gasteiger partial charge >= 0.3 is 0 Å². The van der Waals surface area contributed by atoms with Crippen LogP contribution in [0.15, 0.2) is 42.7 Å². The number of benzene rings is 1. The van der Waals surface area contributed by atoms with Crippen molar-refractivity contribution in [3.63, 3.8) is 0 Å². The molecule has 1 unspecified atom stereocenters. The van der Waals surface area contributed by atoms with Crippen molar-refractivity contribution in [3.8, 4) is 0 Å². The average Bonchev–Trinajstić information content (AvgIpc) is 3.09. The minimum absolute atomic E-state index is 0.166. The second kappa shape index (κ2) is 4.58. The fourth-order valence-corrected chi connectivity index (χ4v) is 2.33. The van der Waals surface area contributed by atoms with Crippen molar-refractivity contribution in [1.82, 2.24) is 4.57 Å². The van der Waals surface area contributed by atoms with Gasteiger partial charge in [0.25, 0.3) is 0 Å². The van der Waals surface area contributed by atoms with E-state index in [2.05, 4.69) is 16.8 Å². The van der Waals surface area contributed by atoms with Gasteiger partial charge in [0.15, 0.2) is 0 Å². The monoisotopic (exact) mass is 244 g/mol. The van der Waals surface area contributed by atoms with Crippen molar-refractivity contribution in [2.24, 2.45) is 11.7 Å². The Labute approximate surface area is 106 Å². The summed E-state index contributed by atoms with van der Waals surface area (Å²) < 4.78 is 15.2. The first-order chi connectivity index (χ1) is 8.72. The van der Waals surface area contributed by atoms with Gasteiger partial charge in [0.05, 0.1) is 0 Å². The van der Waals surface area contributed by atoms with Gasteiger partial charge in [-0.2, -0.15) is 0 Å². The highest BCUT2D eigenvalue weighted by Gasteiger charge is 2.29. The molecular weight excluding hydrogens is 227 g/mol. The SMILES string of the molecule is NC(c1ccn(Cc2cccc(F)c2)c1)C1CC1. The molecular formula is C15H17FN2. The first-order valence-electron chi connectivity index (χ1n) is 6.38. The molecule has 2 N–H and O–H groups in total.